The molecule has 33 heavy (non-hydrogen) atoms. The Morgan fingerprint density at radius 1 is 1.30 bits per heavy atom. The number of halogens is 1. The van der Waals surface area contributed by atoms with Crippen LogP contribution in [0, 0.1) is 19.7 Å². The van der Waals surface area contributed by atoms with Crippen LogP contribution in [0.4, 0.5) is 10.1 Å². The molecular weight excluding hydrogens is 431 g/mol. The first-order chi connectivity index (χ1) is 15.8. The van der Waals surface area contributed by atoms with Gasteiger partial charge in [0.2, 0.25) is 0 Å². The number of morpholine rings is 1. The summed E-state index contributed by atoms with van der Waals surface area (Å²) < 4.78 is 18.9. The number of ether oxygens (including phenoxy) is 1. The zero-order valence-corrected chi connectivity index (χ0v) is 18.3. The first kappa shape index (κ1) is 22.7. The van der Waals surface area contributed by atoms with Gasteiger partial charge < -0.3 is 30.4 Å². The Labute approximate surface area is 189 Å². The highest BCUT2D eigenvalue weighted by Crippen LogP contribution is 2.34. The molecule has 1 saturated heterocycles. The number of H-pyrrole nitrogens is 1. The third kappa shape index (κ3) is 4.53. The number of aryl methyl sites for hydroxylation is 1. The molecule has 1 aromatic heterocycles. The van der Waals surface area contributed by atoms with Crippen LogP contribution in [0.2, 0.25) is 0 Å². The Kier molecular flexibility index (Phi) is 6.30. The lowest BCUT2D eigenvalue weighted by Gasteiger charge is -2.28. The first-order valence-corrected chi connectivity index (χ1v) is 10.6. The molecule has 0 aliphatic carbocycles. The van der Waals surface area contributed by atoms with E-state index in [-0.39, 0.29) is 18.0 Å². The second-order valence-electron chi connectivity index (χ2n) is 8.03. The number of aliphatic hydroxyl groups is 1. The Morgan fingerprint density at radius 3 is 2.76 bits per heavy atom. The maximum absolute atomic E-state index is 13.7. The summed E-state index contributed by atoms with van der Waals surface area (Å²) in [5, 5.41) is 15.5. The van der Waals surface area contributed by atoms with Gasteiger partial charge in [-0.3, -0.25) is 14.4 Å². The molecule has 1 atom stereocenters. The molecule has 9 nitrogen and oxygen atoms in total. The number of carbonyl (C=O) groups is 3. The van der Waals surface area contributed by atoms with Gasteiger partial charge in [0, 0.05) is 35.7 Å². The highest BCUT2D eigenvalue weighted by Gasteiger charge is 2.27. The number of aliphatic hydroxyl groups excluding tert-OH is 1. The minimum Gasteiger partial charge on any atom is -0.381 e. The number of nitrogens with one attached hydrogen (secondary N) is 3. The molecule has 0 unspecified atom stereocenters. The van der Waals surface area contributed by atoms with Crippen molar-refractivity contribution in [1.82, 2.24) is 15.2 Å². The third-order valence-corrected chi connectivity index (χ3v) is 5.82. The monoisotopic (exact) mass is 456 g/mol. The molecule has 3 amide bonds. The molecular formula is C23H25FN4O5. The topological polar surface area (TPSA) is 124 Å². The number of hydrogen-bond acceptors (Lipinski definition) is 5. The van der Waals surface area contributed by atoms with Crippen molar-refractivity contribution in [2.75, 3.05) is 38.2 Å². The van der Waals surface area contributed by atoms with Gasteiger partial charge >= 0.3 is 0 Å². The molecule has 4 N–H and O–H groups in total. The van der Waals surface area contributed by atoms with Crippen LogP contribution in [-0.4, -0.2) is 71.7 Å². The van der Waals surface area contributed by atoms with E-state index in [1.54, 1.807) is 19.9 Å². The van der Waals surface area contributed by atoms with Gasteiger partial charge in [-0.25, -0.2) is 4.39 Å². The molecule has 2 aliphatic rings. The van der Waals surface area contributed by atoms with E-state index in [1.165, 1.54) is 23.1 Å². The van der Waals surface area contributed by atoms with Gasteiger partial charge in [0.05, 0.1) is 30.9 Å². The maximum atomic E-state index is 13.7. The summed E-state index contributed by atoms with van der Waals surface area (Å²) in [6, 6.07) is 4.05. The first-order valence-electron chi connectivity index (χ1n) is 10.6. The largest absolute Gasteiger partial charge is 0.381 e. The minimum atomic E-state index is -1.36. The van der Waals surface area contributed by atoms with Gasteiger partial charge in [-0.1, -0.05) is 0 Å². The number of nitrogens with zero attached hydrogens (tertiary/aromatic N) is 1. The average Bonchev–Trinajstić information content (AvgIpc) is 3.26. The van der Waals surface area contributed by atoms with Gasteiger partial charge in [-0.2, -0.15) is 0 Å². The normalized spacial score (nSPS) is 17.6. The summed E-state index contributed by atoms with van der Waals surface area (Å²) in [5.74, 6) is -1.73. The summed E-state index contributed by atoms with van der Waals surface area (Å²) in [5.41, 5.74) is 3.28. The van der Waals surface area contributed by atoms with E-state index >= 15 is 0 Å². The van der Waals surface area contributed by atoms with E-state index in [1.807, 2.05) is 0 Å². The molecule has 2 aliphatic heterocycles. The van der Waals surface area contributed by atoms with Crippen LogP contribution in [0.5, 0.6) is 0 Å². The quantitative estimate of drug-likeness (QED) is 0.504. The summed E-state index contributed by atoms with van der Waals surface area (Å²) in [6.45, 7) is 4.84. The van der Waals surface area contributed by atoms with Crippen LogP contribution in [-0.2, 0) is 14.3 Å². The van der Waals surface area contributed by atoms with Crippen molar-refractivity contribution >= 4 is 35.1 Å². The molecule has 10 heteroatoms. The average molecular weight is 456 g/mol. The van der Waals surface area contributed by atoms with E-state index in [4.69, 9.17) is 4.74 Å². The third-order valence-electron chi connectivity index (χ3n) is 5.82. The molecule has 3 heterocycles. The number of aromatic amines is 1. The zero-order valence-electron chi connectivity index (χ0n) is 18.3. The number of anilines is 1. The lowest BCUT2D eigenvalue weighted by atomic mass is 10.0. The molecule has 1 fully saturated rings. The standard InChI is InChI=1S/C23H25FN4O5/c1-12-18(10-16-15-9-14(24)3-4-17(15)27-21(16)30)26-13(2)20(12)22(31)25-11-19(29)23(32)28-5-7-33-8-6-28/h3-4,9-10,19,26,29H,5-8,11H2,1-2H3,(H,25,31)(H,27,30)/t19-/m0/s1. The van der Waals surface area contributed by atoms with Crippen molar-refractivity contribution in [2.24, 2.45) is 0 Å². The summed E-state index contributed by atoms with van der Waals surface area (Å²) >= 11 is 0. The van der Waals surface area contributed by atoms with E-state index in [0.29, 0.717) is 60.1 Å². The number of aromatic nitrogens is 1. The van der Waals surface area contributed by atoms with Crippen LogP contribution in [0.25, 0.3) is 11.6 Å². The minimum absolute atomic E-state index is 0.232. The van der Waals surface area contributed by atoms with Crippen LogP contribution in [0.15, 0.2) is 18.2 Å². The number of amides is 3. The van der Waals surface area contributed by atoms with Crippen molar-refractivity contribution in [2.45, 2.75) is 20.0 Å². The molecule has 0 spiro atoms. The SMILES string of the molecule is Cc1[nH]c(C=C2C(=O)Nc3ccc(F)cc32)c(C)c1C(=O)NC[C@H](O)C(=O)N1CCOCC1. The molecule has 0 radical (unpaired) electrons. The second-order valence-corrected chi connectivity index (χ2v) is 8.03. The fourth-order valence-corrected chi connectivity index (χ4v) is 4.07. The molecule has 0 saturated carbocycles. The summed E-state index contributed by atoms with van der Waals surface area (Å²) in [4.78, 5) is 42.1. The van der Waals surface area contributed by atoms with Crippen molar-refractivity contribution in [1.29, 1.82) is 0 Å². The molecule has 4 rings (SSSR count). The van der Waals surface area contributed by atoms with Crippen molar-refractivity contribution in [3.05, 3.63) is 52.1 Å². The van der Waals surface area contributed by atoms with Crippen molar-refractivity contribution in [3.8, 4) is 0 Å². The van der Waals surface area contributed by atoms with Crippen LogP contribution >= 0.6 is 0 Å². The van der Waals surface area contributed by atoms with E-state index in [0.717, 1.165) is 0 Å². The smallest absolute Gasteiger partial charge is 0.256 e. The van der Waals surface area contributed by atoms with Crippen LogP contribution < -0.4 is 10.6 Å². The predicted octanol–water partition coefficient (Wildman–Crippen LogP) is 1.21. The Hall–Kier alpha value is -3.50. The molecule has 1 aromatic carbocycles. The molecule has 2 aromatic rings. The van der Waals surface area contributed by atoms with Gasteiger partial charge in [0.15, 0.2) is 0 Å². The summed E-state index contributed by atoms with van der Waals surface area (Å²) in [7, 11) is 0. The lowest BCUT2D eigenvalue weighted by Crippen LogP contribution is -2.49. The number of hydrogen-bond donors (Lipinski definition) is 4. The number of benzene rings is 1. The fraction of sp³-hybridized carbons (Fsp3) is 0.348. The number of carbonyl (C=O) groups excluding carboxylic acids is 3. The van der Waals surface area contributed by atoms with E-state index in [2.05, 4.69) is 15.6 Å². The van der Waals surface area contributed by atoms with Gasteiger partial charge in [-0.15, -0.1) is 0 Å². The number of rotatable bonds is 5. The van der Waals surface area contributed by atoms with Gasteiger partial charge in [0.25, 0.3) is 17.7 Å². The Morgan fingerprint density at radius 2 is 2.03 bits per heavy atom. The van der Waals surface area contributed by atoms with E-state index < -0.39 is 23.7 Å². The van der Waals surface area contributed by atoms with Crippen molar-refractivity contribution in [3.63, 3.8) is 0 Å². The Balaban J connectivity index is 1.49. The van der Waals surface area contributed by atoms with Crippen LogP contribution in [0.1, 0.15) is 32.9 Å². The fourth-order valence-electron chi connectivity index (χ4n) is 4.07. The van der Waals surface area contributed by atoms with Gasteiger partial charge in [-0.05, 0) is 43.7 Å². The molecule has 174 valence electrons. The predicted molar refractivity (Wildman–Crippen MR) is 119 cm³/mol. The second kappa shape index (κ2) is 9.16. The zero-order chi connectivity index (χ0) is 23.7. The molecule has 0 bridgehead atoms. The maximum Gasteiger partial charge on any atom is 0.256 e. The Bertz CT molecular complexity index is 1150. The van der Waals surface area contributed by atoms with Crippen LogP contribution in [0.3, 0.4) is 0 Å². The van der Waals surface area contributed by atoms with E-state index in [9.17, 15) is 23.9 Å². The van der Waals surface area contributed by atoms with Crippen molar-refractivity contribution < 1.29 is 28.6 Å². The lowest BCUT2D eigenvalue weighted by molar-refractivity contribution is -0.143. The highest BCUT2D eigenvalue weighted by molar-refractivity contribution is 6.34. The summed E-state index contributed by atoms with van der Waals surface area (Å²) in [6.07, 6.45) is 0.220. The number of fused-ring (bicyclic) bond motifs is 1. The highest BCUT2D eigenvalue weighted by atomic mass is 19.1. The van der Waals surface area contributed by atoms with Gasteiger partial charge in [0.1, 0.15) is 11.9 Å².